The summed E-state index contributed by atoms with van der Waals surface area (Å²) in [5, 5.41) is 6.69. The highest BCUT2D eigenvalue weighted by atomic mass is 16.5. The molecule has 0 saturated carbocycles. The third-order valence-corrected chi connectivity index (χ3v) is 3.26. The van der Waals surface area contributed by atoms with Gasteiger partial charge in [-0.05, 0) is 31.4 Å². The molecule has 4 heteroatoms. The molecule has 0 unspecified atom stereocenters. The third kappa shape index (κ3) is 7.02. The summed E-state index contributed by atoms with van der Waals surface area (Å²) in [6.07, 6.45) is 4.60. The Bertz CT molecular complexity index is 418. The Morgan fingerprint density at radius 1 is 1.10 bits per heavy atom. The molecule has 0 amide bonds. The van der Waals surface area contributed by atoms with Crippen LogP contribution in [0.2, 0.25) is 0 Å². The number of ether oxygens (including phenoxy) is 1. The molecule has 0 aliphatic carbocycles. The van der Waals surface area contributed by atoms with Gasteiger partial charge in [0.05, 0.1) is 6.61 Å². The van der Waals surface area contributed by atoms with Gasteiger partial charge in [-0.2, -0.15) is 0 Å². The lowest BCUT2D eigenvalue weighted by atomic mass is 10.1. The molecule has 0 fully saturated rings. The summed E-state index contributed by atoms with van der Waals surface area (Å²) in [5.41, 5.74) is 1.23. The van der Waals surface area contributed by atoms with Crippen LogP contribution in [-0.2, 0) is 6.42 Å². The van der Waals surface area contributed by atoms with Crippen molar-refractivity contribution in [3.05, 3.63) is 29.8 Å². The fourth-order valence-electron chi connectivity index (χ4n) is 2.12. The summed E-state index contributed by atoms with van der Waals surface area (Å²) >= 11 is 0. The first-order valence-electron chi connectivity index (χ1n) is 7.97. The molecule has 0 atom stereocenters. The smallest absolute Gasteiger partial charge is 0.190 e. The fraction of sp³-hybridized carbons (Fsp3) is 0.588. The van der Waals surface area contributed by atoms with Crippen LogP contribution in [0.25, 0.3) is 0 Å². The minimum Gasteiger partial charge on any atom is -0.494 e. The second-order valence-corrected chi connectivity index (χ2v) is 4.92. The van der Waals surface area contributed by atoms with Crippen LogP contribution in [0, 0.1) is 0 Å². The van der Waals surface area contributed by atoms with Crippen LogP contribution in [0.4, 0.5) is 0 Å². The molecular formula is C17H29N3O. The van der Waals surface area contributed by atoms with E-state index in [0.717, 1.165) is 31.2 Å². The summed E-state index contributed by atoms with van der Waals surface area (Å²) in [5.74, 6) is 1.85. The Labute approximate surface area is 129 Å². The first kappa shape index (κ1) is 17.3. The van der Waals surface area contributed by atoms with Gasteiger partial charge in [-0.15, -0.1) is 0 Å². The van der Waals surface area contributed by atoms with E-state index in [1.165, 1.54) is 24.8 Å². The Morgan fingerprint density at radius 2 is 1.86 bits per heavy atom. The van der Waals surface area contributed by atoms with Gasteiger partial charge in [0.2, 0.25) is 0 Å². The van der Waals surface area contributed by atoms with Crippen molar-refractivity contribution in [3.63, 3.8) is 0 Å². The monoisotopic (exact) mass is 291 g/mol. The molecule has 0 aromatic heterocycles. The Morgan fingerprint density at radius 3 is 2.57 bits per heavy atom. The summed E-state index contributed by atoms with van der Waals surface area (Å²) in [7, 11) is 1.81. The number of guanidine groups is 1. The van der Waals surface area contributed by atoms with Gasteiger partial charge in [0.25, 0.3) is 0 Å². The topological polar surface area (TPSA) is 45.7 Å². The molecule has 4 nitrogen and oxygen atoms in total. The third-order valence-electron chi connectivity index (χ3n) is 3.26. The van der Waals surface area contributed by atoms with Crippen LogP contribution < -0.4 is 15.4 Å². The van der Waals surface area contributed by atoms with Gasteiger partial charge in [0.15, 0.2) is 5.96 Å². The lowest BCUT2D eigenvalue weighted by Gasteiger charge is -2.13. The van der Waals surface area contributed by atoms with Crippen molar-refractivity contribution in [1.29, 1.82) is 0 Å². The van der Waals surface area contributed by atoms with Crippen LogP contribution in [0.1, 0.15) is 38.7 Å². The molecular weight excluding hydrogens is 262 g/mol. The van der Waals surface area contributed by atoms with E-state index in [-0.39, 0.29) is 0 Å². The van der Waals surface area contributed by atoms with Crippen LogP contribution in [0.3, 0.4) is 0 Å². The van der Waals surface area contributed by atoms with Crippen molar-refractivity contribution in [2.24, 2.45) is 4.99 Å². The highest BCUT2D eigenvalue weighted by molar-refractivity contribution is 5.79. The van der Waals surface area contributed by atoms with Gasteiger partial charge in [0, 0.05) is 20.1 Å². The van der Waals surface area contributed by atoms with Crippen molar-refractivity contribution in [1.82, 2.24) is 10.6 Å². The van der Waals surface area contributed by atoms with E-state index in [0.29, 0.717) is 6.61 Å². The Hall–Kier alpha value is -1.71. The molecule has 0 heterocycles. The SMILES string of the molecule is CCCCCNC(=NC)NCCc1ccccc1OCC. The summed E-state index contributed by atoms with van der Waals surface area (Å²) in [6, 6.07) is 8.20. The lowest BCUT2D eigenvalue weighted by Crippen LogP contribution is -2.38. The van der Waals surface area contributed by atoms with Gasteiger partial charge in [-0.25, -0.2) is 0 Å². The molecule has 1 aromatic rings. The van der Waals surface area contributed by atoms with Crippen LogP contribution in [0.15, 0.2) is 29.3 Å². The van der Waals surface area contributed by atoms with Gasteiger partial charge in [-0.1, -0.05) is 38.0 Å². The average Bonchev–Trinajstić information content (AvgIpc) is 2.51. The number of nitrogens with one attached hydrogen (secondary N) is 2. The molecule has 118 valence electrons. The van der Waals surface area contributed by atoms with E-state index in [1.54, 1.807) is 0 Å². The number of hydrogen-bond acceptors (Lipinski definition) is 2. The molecule has 0 aliphatic heterocycles. The summed E-state index contributed by atoms with van der Waals surface area (Å²) < 4.78 is 5.64. The van der Waals surface area contributed by atoms with Crippen molar-refractivity contribution in [2.45, 2.75) is 39.5 Å². The minimum atomic E-state index is 0.699. The van der Waals surface area contributed by atoms with Crippen molar-refractivity contribution < 1.29 is 4.74 Å². The molecule has 2 N–H and O–H groups in total. The van der Waals surface area contributed by atoms with Gasteiger partial charge >= 0.3 is 0 Å². The largest absolute Gasteiger partial charge is 0.494 e. The highest BCUT2D eigenvalue weighted by Crippen LogP contribution is 2.17. The van der Waals surface area contributed by atoms with E-state index in [1.807, 2.05) is 26.1 Å². The molecule has 1 aromatic carbocycles. The van der Waals surface area contributed by atoms with E-state index >= 15 is 0 Å². The molecule has 0 radical (unpaired) electrons. The second kappa shape index (κ2) is 11.0. The van der Waals surface area contributed by atoms with E-state index < -0.39 is 0 Å². The highest BCUT2D eigenvalue weighted by Gasteiger charge is 2.03. The number of unbranched alkanes of at least 4 members (excludes halogenated alkanes) is 2. The molecule has 0 aliphatic rings. The second-order valence-electron chi connectivity index (χ2n) is 4.92. The van der Waals surface area contributed by atoms with Crippen molar-refractivity contribution >= 4 is 5.96 Å². The van der Waals surface area contributed by atoms with Crippen LogP contribution >= 0.6 is 0 Å². The predicted octanol–water partition coefficient (Wildman–Crippen LogP) is 2.98. The molecule has 0 saturated heterocycles. The molecule has 0 bridgehead atoms. The maximum absolute atomic E-state index is 5.64. The predicted molar refractivity (Wildman–Crippen MR) is 90.2 cm³/mol. The number of benzene rings is 1. The number of rotatable bonds is 9. The quantitative estimate of drug-likeness (QED) is 0.418. The average molecular weight is 291 g/mol. The molecule has 0 spiro atoms. The minimum absolute atomic E-state index is 0.699. The normalized spacial score (nSPS) is 11.3. The van der Waals surface area contributed by atoms with E-state index in [4.69, 9.17) is 4.74 Å². The maximum atomic E-state index is 5.64. The number of nitrogens with zero attached hydrogens (tertiary/aromatic N) is 1. The number of aliphatic imine (C=N–C) groups is 1. The van der Waals surface area contributed by atoms with Gasteiger partial charge < -0.3 is 15.4 Å². The first-order valence-corrected chi connectivity index (χ1v) is 7.97. The fourth-order valence-corrected chi connectivity index (χ4v) is 2.12. The van der Waals surface area contributed by atoms with E-state index in [2.05, 4.69) is 34.7 Å². The molecule has 21 heavy (non-hydrogen) atoms. The zero-order chi connectivity index (χ0) is 15.3. The number of hydrogen-bond donors (Lipinski definition) is 2. The van der Waals surface area contributed by atoms with Crippen LogP contribution in [-0.4, -0.2) is 32.7 Å². The van der Waals surface area contributed by atoms with Crippen molar-refractivity contribution in [3.8, 4) is 5.75 Å². The van der Waals surface area contributed by atoms with Gasteiger partial charge in [-0.3, -0.25) is 4.99 Å². The zero-order valence-corrected chi connectivity index (χ0v) is 13.6. The summed E-state index contributed by atoms with van der Waals surface area (Å²) in [6.45, 7) is 6.74. The van der Waals surface area contributed by atoms with Crippen LogP contribution in [0.5, 0.6) is 5.75 Å². The summed E-state index contributed by atoms with van der Waals surface area (Å²) in [4.78, 5) is 4.24. The van der Waals surface area contributed by atoms with Crippen molar-refractivity contribution in [2.75, 3.05) is 26.7 Å². The van der Waals surface area contributed by atoms with E-state index in [9.17, 15) is 0 Å². The molecule has 1 rings (SSSR count). The Balaban J connectivity index is 2.34. The Kier molecular flexibility index (Phi) is 9.09. The zero-order valence-electron chi connectivity index (χ0n) is 13.6. The lowest BCUT2D eigenvalue weighted by molar-refractivity contribution is 0.336. The maximum Gasteiger partial charge on any atom is 0.190 e. The standard InChI is InChI=1S/C17H29N3O/c1-4-6-9-13-19-17(18-3)20-14-12-15-10-7-8-11-16(15)21-5-2/h7-8,10-11H,4-6,9,12-14H2,1-3H3,(H2,18,19,20). The number of para-hydroxylation sites is 1. The first-order chi connectivity index (χ1) is 10.3. The van der Waals surface area contributed by atoms with Gasteiger partial charge in [0.1, 0.15) is 5.75 Å².